The fraction of sp³-hybridized carbons (Fsp3) is 1.00. The quantitative estimate of drug-likeness (QED) is 0.678. The topological polar surface area (TPSA) is 15.3 Å². The molecule has 0 aromatic rings. The molecule has 0 aromatic carbocycles. The van der Waals surface area contributed by atoms with Crippen LogP contribution in [0.3, 0.4) is 0 Å². The highest BCUT2D eigenvalue weighted by molar-refractivity contribution is 4.72. The lowest BCUT2D eigenvalue weighted by atomic mass is 10.0. The molecule has 0 aliphatic carbocycles. The molecule has 2 nitrogen and oxygen atoms in total. The van der Waals surface area contributed by atoms with Crippen molar-refractivity contribution in [2.75, 3.05) is 20.6 Å². The molecule has 0 spiro atoms. The van der Waals surface area contributed by atoms with Crippen LogP contribution in [0, 0.1) is 5.92 Å². The van der Waals surface area contributed by atoms with Crippen molar-refractivity contribution in [3.63, 3.8) is 0 Å². The van der Waals surface area contributed by atoms with Crippen molar-refractivity contribution in [1.29, 1.82) is 0 Å². The van der Waals surface area contributed by atoms with Gasteiger partial charge in [0.2, 0.25) is 0 Å². The van der Waals surface area contributed by atoms with Crippen molar-refractivity contribution < 1.29 is 0 Å². The lowest BCUT2D eigenvalue weighted by molar-refractivity contribution is 0.241. The van der Waals surface area contributed by atoms with Crippen molar-refractivity contribution in [2.45, 2.75) is 52.6 Å². The van der Waals surface area contributed by atoms with Gasteiger partial charge in [0.25, 0.3) is 0 Å². The van der Waals surface area contributed by atoms with Gasteiger partial charge in [-0.3, -0.25) is 0 Å². The minimum absolute atomic E-state index is 0.643. The van der Waals surface area contributed by atoms with Crippen molar-refractivity contribution in [1.82, 2.24) is 10.2 Å². The summed E-state index contributed by atoms with van der Waals surface area (Å²) in [5, 5.41) is 3.58. The van der Waals surface area contributed by atoms with Gasteiger partial charge in [-0.15, -0.1) is 0 Å². The standard InChI is InChI=1S/C12H28N2/c1-7-11(4)13-9-12(14(5)6)8-10(2)3/h10-13H,7-9H2,1-6H3. The molecule has 0 aliphatic rings. The van der Waals surface area contributed by atoms with Gasteiger partial charge in [-0.2, -0.15) is 0 Å². The lowest BCUT2D eigenvalue weighted by Crippen LogP contribution is -2.41. The number of nitrogens with one attached hydrogen (secondary N) is 1. The van der Waals surface area contributed by atoms with Gasteiger partial charge < -0.3 is 10.2 Å². The molecular formula is C12H28N2. The third-order valence-electron chi connectivity index (χ3n) is 2.79. The van der Waals surface area contributed by atoms with Crippen LogP contribution in [0.15, 0.2) is 0 Å². The largest absolute Gasteiger partial charge is 0.313 e. The fourth-order valence-electron chi connectivity index (χ4n) is 1.50. The highest BCUT2D eigenvalue weighted by atomic mass is 15.1. The van der Waals surface area contributed by atoms with Crippen LogP contribution < -0.4 is 5.32 Å². The lowest BCUT2D eigenvalue weighted by Gasteiger charge is -2.27. The molecule has 2 heteroatoms. The predicted molar refractivity (Wildman–Crippen MR) is 64.7 cm³/mol. The number of rotatable bonds is 7. The molecule has 0 aromatic heterocycles. The minimum atomic E-state index is 0.643. The zero-order valence-electron chi connectivity index (χ0n) is 10.8. The Bertz CT molecular complexity index is 132. The molecule has 1 N–H and O–H groups in total. The molecule has 0 rings (SSSR count). The molecule has 0 radical (unpaired) electrons. The normalized spacial score (nSPS) is 16.3. The van der Waals surface area contributed by atoms with E-state index in [1.165, 1.54) is 12.8 Å². The summed E-state index contributed by atoms with van der Waals surface area (Å²) >= 11 is 0. The van der Waals surface area contributed by atoms with Gasteiger partial charge in [0, 0.05) is 18.6 Å². The molecule has 14 heavy (non-hydrogen) atoms. The summed E-state index contributed by atoms with van der Waals surface area (Å²) in [5.74, 6) is 0.779. The monoisotopic (exact) mass is 200 g/mol. The van der Waals surface area contributed by atoms with Crippen LogP contribution in [0.25, 0.3) is 0 Å². The zero-order valence-corrected chi connectivity index (χ0v) is 10.8. The summed E-state index contributed by atoms with van der Waals surface area (Å²) in [4.78, 5) is 2.33. The summed E-state index contributed by atoms with van der Waals surface area (Å²) in [6, 6.07) is 1.31. The molecule has 0 bridgehead atoms. The van der Waals surface area contributed by atoms with E-state index in [9.17, 15) is 0 Å². The molecule has 0 fully saturated rings. The molecule has 86 valence electrons. The van der Waals surface area contributed by atoms with E-state index in [1.54, 1.807) is 0 Å². The van der Waals surface area contributed by atoms with Gasteiger partial charge in [0.05, 0.1) is 0 Å². The smallest absolute Gasteiger partial charge is 0.0217 e. The predicted octanol–water partition coefficient (Wildman–Crippen LogP) is 2.35. The zero-order chi connectivity index (χ0) is 11.1. The van der Waals surface area contributed by atoms with Gasteiger partial charge in [-0.05, 0) is 39.8 Å². The summed E-state index contributed by atoms with van der Waals surface area (Å²) in [7, 11) is 4.34. The Balaban J connectivity index is 3.85. The first-order valence-corrected chi connectivity index (χ1v) is 5.87. The van der Waals surface area contributed by atoms with Crippen LogP contribution in [0.1, 0.15) is 40.5 Å². The molecule has 2 atom stereocenters. The average Bonchev–Trinajstić information content (AvgIpc) is 2.10. The first-order chi connectivity index (χ1) is 6.47. The maximum absolute atomic E-state index is 3.58. The summed E-state index contributed by atoms with van der Waals surface area (Å²) in [6.07, 6.45) is 2.48. The summed E-state index contributed by atoms with van der Waals surface area (Å²) < 4.78 is 0. The van der Waals surface area contributed by atoms with E-state index >= 15 is 0 Å². The minimum Gasteiger partial charge on any atom is -0.313 e. The Hall–Kier alpha value is -0.0800. The summed E-state index contributed by atoms with van der Waals surface area (Å²) in [6.45, 7) is 10.2. The number of hydrogen-bond donors (Lipinski definition) is 1. The van der Waals surface area contributed by atoms with E-state index in [0.717, 1.165) is 12.5 Å². The Morgan fingerprint density at radius 3 is 2.07 bits per heavy atom. The van der Waals surface area contributed by atoms with E-state index < -0.39 is 0 Å². The van der Waals surface area contributed by atoms with E-state index in [2.05, 4.69) is 52.0 Å². The van der Waals surface area contributed by atoms with Crippen LogP contribution in [0.4, 0.5) is 0 Å². The first-order valence-electron chi connectivity index (χ1n) is 5.87. The van der Waals surface area contributed by atoms with E-state index in [0.29, 0.717) is 12.1 Å². The maximum Gasteiger partial charge on any atom is 0.0217 e. The SMILES string of the molecule is CCC(C)NCC(CC(C)C)N(C)C. The van der Waals surface area contributed by atoms with Gasteiger partial charge in [-0.25, -0.2) is 0 Å². The first kappa shape index (κ1) is 13.9. The Labute approximate surface area is 90.1 Å². The molecule has 0 heterocycles. The fourth-order valence-corrected chi connectivity index (χ4v) is 1.50. The number of likely N-dealkylation sites (N-methyl/N-ethyl adjacent to an activating group) is 1. The molecular weight excluding hydrogens is 172 g/mol. The molecule has 0 amide bonds. The number of hydrogen-bond acceptors (Lipinski definition) is 2. The Morgan fingerprint density at radius 1 is 1.14 bits per heavy atom. The highest BCUT2D eigenvalue weighted by Crippen LogP contribution is 2.08. The van der Waals surface area contributed by atoms with Crippen molar-refractivity contribution in [2.24, 2.45) is 5.92 Å². The van der Waals surface area contributed by atoms with E-state index in [-0.39, 0.29) is 0 Å². The maximum atomic E-state index is 3.58. The Morgan fingerprint density at radius 2 is 1.71 bits per heavy atom. The third kappa shape index (κ3) is 6.39. The van der Waals surface area contributed by atoms with Crippen LogP contribution >= 0.6 is 0 Å². The highest BCUT2D eigenvalue weighted by Gasteiger charge is 2.13. The Kier molecular flexibility index (Phi) is 7.20. The molecule has 0 aliphatic heterocycles. The molecule has 0 saturated heterocycles. The van der Waals surface area contributed by atoms with Crippen LogP contribution in [-0.2, 0) is 0 Å². The second kappa shape index (κ2) is 7.24. The third-order valence-corrected chi connectivity index (χ3v) is 2.79. The molecule has 2 unspecified atom stereocenters. The van der Waals surface area contributed by atoms with Crippen LogP contribution in [-0.4, -0.2) is 37.6 Å². The van der Waals surface area contributed by atoms with Gasteiger partial charge in [0.15, 0.2) is 0 Å². The summed E-state index contributed by atoms with van der Waals surface area (Å²) in [5.41, 5.74) is 0. The van der Waals surface area contributed by atoms with Gasteiger partial charge in [-0.1, -0.05) is 20.8 Å². The second-order valence-electron chi connectivity index (χ2n) is 4.96. The van der Waals surface area contributed by atoms with Crippen molar-refractivity contribution in [3.8, 4) is 0 Å². The van der Waals surface area contributed by atoms with Crippen molar-refractivity contribution >= 4 is 0 Å². The van der Waals surface area contributed by atoms with E-state index in [1.807, 2.05) is 0 Å². The second-order valence-corrected chi connectivity index (χ2v) is 4.96. The molecule has 0 saturated carbocycles. The van der Waals surface area contributed by atoms with E-state index in [4.69, 9.17) is 0 Å². The van der Waals surface area contributed by atoms with Gasteiger partial charge in [0.1, 0.15) is 0 Å². The van der Waals surface area contributed by atoms with Crippen LogP contribution in [0.5, 0.6) is 0 Å². The van der Waals surface area contributed by atoms with Gasteiger partial charge >= 0.3 is 0 Å². The number of nitrogens with zero attached hydrogens (tertiary/aromatic N) is 1. The van der Waals surface area contributed by atoms with Crippen LogP contribution in [0.2, 0.25) is 0 Å². The average molecular weight is 200 g/mol. The van der Waals surface area contributed by atoms with Crippen molar-refractivity contribution in [3.05, 3.63) is 0 Å².